The Balaban J connectivity index is 2.06. The molecular weight excluding hydrogens is 260 g/mol. The third-order valence-electron chi connectivity index (χ3n) is 3.59. The molecule has 0 aliphatic carbocycles. The fourth-order valence-corrected chi connectivity index (χ4v) is 2.58. The van der Waals surface area contributed by atoms with Crippen LogP contribution in [-0.2, 0) is 6.42 Å². The van der Waals surface area contributed by atoms with E-state index in [0.717, 1.165) is 42.4 Å². The Hall–Kier alpha value is -1.94. The molecule has 20 heavy (non-hydrogen) atoms. The molecule has 0 bridgehead atoms. The van der Waals surface area contributed by atoms with Gasteiger partial charge in [0.15, 0.2) is 0 Å². The van der Waals surface area contributed by atoms with E-state index >= 15 is 0 Å². The van der Waals surface area contributed by atoms with Crippen LogP contribution in [-0.4, -0.2) is 6.61 Å². The Morgan fingerprint density at radius 2 is 1.95 bits per heavy atom. The van der Waals surface area contributed by atoms with Crippen molar-refractivity contribution in [1.82, 2.24) is 0 Å². The van der Waals surface area contributed by atoms with Gasteiger partial charge in [0, 0.05) is 11.1 Å². The number of rotatable bonds is 2. The molecule has 1 heterocycles. The van der Waals surface area contributed by atoms with Crippen molar-refractivity contribution >= 4 is 0 Å². The number of benzene rings is 2. The monoisotopic (exact) mass is 275 g/mol. The van der Waals surface area contributed by atoms with Gasteiger partial charge in [-0.05, 0) is 36.6 Å². The lowest BCUT2D eigenvalue weighted by Crippen LogP contribution is -2.18. The summed E-state index contributed by atoms with van der Waals surface area (Å²) >= 11 is 0. The summed E-state index contributed by atoms with van der Waals surface area (Å²) in [5.41, 5.74) is 8.04. The lowest BCUT2D eigenvalue weighted by molar-refractivity contribution is 0.284. The molecule has 0 spiro atoms. The first kappa shape index (κ1) is 13.1. The van der Waals surface area contributed by atoms with Gasteiger partial charge in [0.2, 0.25) is 0 Å². The molecule has 104 valence electrons. The first-order valence-electron chi connectivity index (χ1n) is 6.62. The third kappa shape index (κ3) is 2.27. The van der Waals surface area contributed by atoms with E-state index in [4.69, 9.17) is 10.5 Å². The minimum Gasteiger partial charge on any atom is -0.493 e. The van der Waals surface area contributed by atoms with Crippen molar-refractivity contribution in [3.8, 4) is 5.75 Å². The topological polar surface area (TPSA) is 35.2 Å². The zero-order valence-electron chi connectivity index (χ0n) is 10.9. The van der Waals surface area contributed by atoms with Gasteiger partial charge in [0.25, 0.3) is 0 Å². The Bertz CT molecular complexity index is 642. The zero-order chi connectivity index (χ0) is 14.1. The van der Waals surface area contributed by atoms with Crippen molar-refractivity contribution in [3.05, 3.63) is 64.7 Å². The van der Waals surface area contributed by atoms with Gasteiger partial charge >= 0.3 is 0 Å². The number of para-hydroxylation sites is 1. The second-order valence-electron chi connectivity index (χ2n) is 4.93. The number of ether oxygens (including phenoxy) is 1. The number of halogens is 2. The molecule has 2 aromatic rings. The van der Waals surface area contributed by atoms with Crippen LogP contribution < -0.4 is 10.5 Å². The molecule has 0 fully saturated rings. The molecule has 0 saturated heterocycles. The SMILES string of the molecule is NC(c1cc(F)ccc1F)c1cccc2c1OCCC2. The van der Waals surface area contributed by atoms with Crippen molar-refractivity contribution in [3.63, 3.8) is 0 Å². The van der Waals surface area contributed by atoms with E-state index in [2.05, 4.69) is 0 Å². The number of nitrogens with two attached hydrogens (primary N) is 1. The fourth-order valence-electron chi connectivity index (χ4n) is 2.58. The molecule has 2 aromatic carbocycles. The maximum absolute atomic E-state index is 13.9. The summed E-state index contributed by atoms with van der Waals surface area (Å²) in [5, 5.41) is 0. The molecule has 0 saturated carbocycles. The van der Waals surface area contributed by atoms with Gasteiger partial charge in [-0.15, -0.1) is 0 Å². The van der Waals surface area contributed by atoms with E-state index in [0.29, 0.717) is 12.2 Å². The molecule has 2 nitrogen and oxygen atoms in total. The Kier molecular flexibility index (Phi) is 3.40. The van der Waals surface area contributed by atoms with Crippen LogP contribution in [0.5, 0.6) is 5.75 Å². The molecule has 1 atom stereocenters. The van der Waals surface area contributed by atoms with Gasteiger partial charge in [-0.25, -0.2) is 8.78 Å². The normalized spacial score (nSPS) is 15.3. The van der Waals surface area contributed by atoms with Crippen LogP contribution in [0.15, 0.2) is 36.4 Å². The smallest absolute Gasteiger partial charge is 0.128 e. The first-order chi connectivity index (χ1) is 9.66. The van der Waals surface area contributed by atoms with Crippen molar-refractivity contribution in [2.24, 2.45) is 5.73 Å². The molecule has 1 unspecified atom stereocenters. The lowest BCUT2D eigenvalue weighted by Gasteiger charge is -2.23. The van der Waals surface area contributed by atoms with Gasteiger partial charge in [0.1, 0.15) is 17.4 Å². The molecule has 0 aromatic heterocycles. The van der Waals surface area contributed by atoms with E-state index < -0.39 is 17.7 Å². The summed E-state index contributed by atoms with van der Waals surface area (Å²) in [6.45, 7) is 0.627. The minimum absolute atomic E-state index is 0.146. The van der Waals surface area contributed by atoms with E-state index in [9.17, 15) is 8.78 Å². The van der Waals surface area contributed by atoms with Crippen LogP contribution in [0.25, 0.3) is 0 Å². The van der Waals surface area contributed by atoms with Crippen molar-refractivity contribution < 1.29 is 13.5 Å². The molecule has 1 aliphatic heterocycles. The second-order valence-corrected chi connectivity index (χ2v) is 4.93. The number of hydrogen-bond acceptors (Lipinski definition) is 2. The lowest BCUT2D eigenvalue weighted by atomic mass is 9.94. The highest BCUT2D eigenvalue weighted by Gasteiger charge is 2.22. The Morgan fingerprint density at radius 3 is 2.80 bits per heavy atom. The highest BCUT2D eigenvalue weighted by Crippen LogP contribution is 2.35. The average molecular weight is 275 g/mol. The average Bonchev–Trinajstić information content (AvgIpc) is 2.48. The maximum atomic E-state index is 13.9. The predicted molar refractivity (Wildman–Crippen MR) is 72.6 cm³/mol. The summed E-state index contributed by atoms with van der Waals surface area (Å²) in [5.74, 6) is -0.287. The largest absolute Gasteiger partial charge is 0.493 e. The zero-order valence-corrected chi connectivity index (χ0v) is 10.9. The molecule has 0 amide bonds. The van der Waals surface area contributed by atoms with E-state index in [1.807, 2.05) is 12.1 Å². The number of aryl methyl sites for hydroxylation is 1. The van der Waals surface area contributed by atoms with Crippen molar-refractivity contribution in [2.75, 3.05) is 6.61 Å². The van der Waals surface area contributed by atoms with Crippen molar-refractivity contribution in [1.29, 1.82) is 0 Å². The predicted octanol–water partition coefficient (Wildman–Crippen LogP) is 3.34. The number of fused-ring (bicyclic) bond motifs is 1. The summed E-state index contributed by atoms with van der Waals surface area (Å²) < 4.78 is 32.8. The molecular formula is C16H15F2NO. The maximum Gasteiger partial charge on any atom is 0.128 e. The van der Waals surface area contributed by atoms with Crippen LogP contribution in [0.1, 0.15) is 29.2 Å². The summed E-state index contributed by atoms with van der Waals surface area (Å²) in [6.07, 6.45) is 1.88. The van der Waals surface area contributed by atoms with Crippen LogP contribution in [0, 0.1) is 11.6 Å². The highest BCUT2D eigenvalue weighted by molar-refractivity contribution is 5.47. The summed E-state index contributed by atoms with van der Waals surface area (Å²) in [6, 6.07) is 8.25. The van der Waals surface area contributed by atoms with Gasteiger partial charge in [-0.1, -0.05) is 18.2 Å². The molecule has 3 rings (SSSR count). The Labute approximate surface area is 116 Å². The van der Waals surface area contributed by atoms with Crippen LogP contribution in [0.2, 0.25) is 0 Å². The van der Waals surface area contributed by atoms with Gasteiger partial charge in [-0.3, -0.25) is 0 Å². The second kappa shape index (κ2) is 5.21. The van der Waals surface area contributed by atoms with Crippen LogP contribution >= 0.6 is 0 Å². The molecule has 0 radical (unpaired) electrons. The van der Waals surface area contributed by atoms with E-state index in [-0.39, 0.29) is 5.56 Å². The highest BCUT2D eigenvalue weighted by atomic mass is 19.1. The molecule has 4 heteroatoms. The Morgan fingerprint density at radius 1 is 1.10 bits per heavy atom. The van der Waals surface area contributed by atoms with Gasteiger partial charge in [0.05, 0.1) is 12.6 Å². The molecule has 1 aliphatic rings. The van der Waals surface area contributed by atoms with E-state index in [1.54, 1.807) is 6.07 Å². The standard InChI is InChI=1S/C16H15F2NO/c17-11-6-7-14(18)13(9-11)15(19)12-5-1-3-10-4-2-8-20-16(10)12/h1,3,5-7,9,15H,2,4,8,19H2. The van der Waals surface area contributed by atoms with Crippen LogP contribution in [0.3, 0.4) is 0 Å². The van der Waals surface area contributed by atoms with Gasteiger partial charge in [-0.2, -0.15) is 0 Å². The quantitative estimate of drug-likeness (QED) is 0.912. The summed E-state index contributed by atoms with van der Waals surface area (Å²) in [7, 11) is 0. The third-order valence-corrected chi connectivity index (χ3v) is 3.59. The minimum atomic E-state index is -0.737. The van der Waals surface area contributed by atoms with Gasteiger partial charge < -0.3 is 10.5 Å². The van der Waals surface area contributed by atoms with Crippen molar-refractivity contribution in [2.45, 2.75) is 18.9 Å². The number of hydrogen-bond donors (Lipinski definition) is 1. The van der Waals surface area contributed by atoms with E-state index in [1.165, 1.54) is 0 Å². The van der Waals surface area contributed by atoms with Crippen LogP contribution in [0.4, 0.5) is 8.78 Å². The first-order valence-corrected chi connectivity index (χ1v) is 6.62. The fraction of sp³-hybridized carbons (Fsp3) is 0.250. The molecule has 2 N–H and O–H groups in total. The summed E-state index contributed by atoms with van der Waals surface area (Å²) in [4.78, 5) is 0.